The summed E-state index contributed by atoms with van der Waals surface area (Å²) in [7, 11) is -2.05. The topological polar surface area (TPSA) is 83.9 Å². The molecule has 0 aromatic rings. The summed E-state index contributed by atoms with van der Waals surface area (Å²) in [5.41, 5.74) is 0. The zero-order chi connectivity index (χ0) is 14.3. The number of methoxy groups -OCH3 is 1. The van der Waals surface area contributed by atoms with Gasteiger partial charge in [0.25, 0.3) is 0 Å². The molecule has 7 heteroatoms. The number of hydrogen-bond acceptors (Lipinski definition) is 5. The van der Waals surface area contributed by atoms with Crippen LogP contribution in [0.4, 0.5) is 0 Å². The van der Waals surface area contributed by atoms with Crippen molar-refractivity contribution < 1.29 is 23.1 Å². The van der Waals surface area contributed by atoms with E-state index in [9.17, 15) is 13.2 Å². The Morgan fingerprint density at radius 1 is 1.37 bits per heavy atom. The lowest BCUT2D eigenvalue weighted by Crippen LogP contribution is -2.45. The molecule has 6 nitrogen and oxygen atoms in total. The highest BCUT2D eigenvalue weighted by Gasteiger charge is 2.32. The highest BCUT2D eigenvalue weighted by molar-refractivity contribution is 7.89. The van der Waals surface area contributed by atoms with E-state index < -0.39 is 10.0 Å². The quantitative estimate of drug-likeness (QED) is 0.626. The van der Waals surface area contributed by atoms with Gasteiger partial charge < -0.3 is 9.84 Å². The molecule has 0 aromatic carbocycles. The van der Waals surface area contributed by atoms with Crippen molar-refractivity contribution in [2.24, 2.45) is 0 Å². The molecule has 1 aliphatic carbocycles. The van der Waals surface area contributed by atoms with E-state index in [4.69, 9.17) is 5.11 Å². The summed E-state index contributed by atoms with van der Waals surface area (Å²) in [6.45, 7) is 0.350. The number of hydrogen-bond donors (Lipinski definition) is 1. The number of aliphatic hydroxyl groups excluding tert-OH is 1. The van der Waals surface area contributed by atoms with Gasteiger partial charge in [-0.25, -0.2) is 8.42 Å². The summed E-state index contributed by atoms with van der Waals surface area (Å²) in [5.74, 6) is -0.426. The van der Waals surface area contributed by atoms with Crippen LogP contribution in [-0.4, -0.2) is 55.9 Å². The van der Waals surface area contributed by atoms with E-state index in [1.165, 1.54) is 11.4 Å². The molecule has 1 saturated carbocycles. The Morgan fingerprint density at radius 3 is 2.53 bits per heavy atom. The smallest absolute Gasteiger partial charge is 0.305 e. The normalized spacial score (nSPS) is 16.4. The van der Waals surface area contributed by atoms with Crippen molar-refractivity contribution in [1.82, 2.24) is 4.31 Å². The average molecular weight is 293 g/mol. The standard InChI is InChI=1S/C12H23NO5S/c1-18-12(15)7-3-10-19(16,17)13(8-4-9-14)11-5-2-6-11/h11,14H,2-10H2,1H3. The minimum atomic E-state index is -3.34. The van der Waals surface area contributed by atoms with Crippen molar-refractivity contribution in [2.75, 3.05) is 26.0 Å². The van der Waals surface area contributed by atoms with Gasteiger partial charge in [-0.3, -0.25) is 4.79 Å². The van der Waals surface area contributed by atoms with Crippen LogP contribution >= 0.6 is 0 Å². The maximum absolute atomic E-state index is 12.2. The number of carbonyl (C=O) groups excluding carboxylic acids is 1. The van der Waals surface area contributed by atoms with Crippen LogP contribution in [0.15, 0.2) is 0 Å². The molecule has 1 N–H and O–H groups in total. The third-order valence-electron chi connectivity index (χ3n) is 3.39. The highest BCUT2D eigenvalue weighted by atomic mass is 32.2. The summed E-state index contributed by atoms with van der Waals surface area (Å²) in [6.07, 6.45) is 3.68. The minimum Gasteiger partial charge on any atom is -0.469 e. The molecular weight excluding hydrogens is 270 g/mol. The van der Waals surface area contributed by atoms with Crippen LogP contribution in [0.1, 0.15) is 38.5 Å². The Bertz CT molecular complexity index is 378. The molecule has 0 spiro atoms. The fourth-order valence-corrected chi connectivity index (χ4v) is 3.88. The van der Waals surface area contributed by atoms with E-state index >= 15 is 0 Å². The first-order valence-electron chi connectivity index (χ1n) is 6.68. The Labute approximate surface area is 114 Å². The molecule has 0 aliphatic heterocycles. The van der Waals surface area contributed by atoms with Gasteiger partial charge in [-0.1, -0.05) is 6.42 Å². The Kier molecular flexibility index (Phi) is 6.74. The Hall–Kier alpha value is -0.660. The third kappa shape index (κ3) is 5.08. The number of ether oxygens (including phenoxy) is 1. The number of nitrogens with zero attached hydrogens (tertiary/aromatic N) is 1. The molecule has 0 bridgehead atoms. The van der Waals surface area contributed by atoms with Gasteiger partial charge in [-0.05, 0) is 25.7 Å². The Morgan fingerprint density at radius 2 is 2.05 bits per heavy atom. The summed E-state index contributed by atoms with van der Waals surface area (Å²) in [5, 5.41) is 8.85. The van der Waals surface area contributed by atoms with Crippen molar-refractivity contribution in [3.8, 4) is 0 Å². The molecule has 0 radical (unpaired) electrons. The van der Waals surface area contributed by atoms with Crippen molar-refractivity contribution in [3.63, 3.8) is 0 Å². The molecule has 1 rings (SSSR count). The van der Waals surface area contributed by atoms with E-state index in [1.54, 1.807) is 0 Å². The molecule has 0 amide bonds. The van der Waals surface area contributed by atoms with Crippen LogP contribution in [0.2, 0.25) is 0 Å². The molecule has 1 fully saturated rings. The second-order valence-corrected chi connectivity index (χ2v) is 6.81. The van der Waals surface area contributed by atoms with Crippen LogP contribution in [-0.2, 0) is 19.6 Å². The van der Waals surface area contributed by atoms with Crippen LogP contribution in [0.5, 0.6) is 0 Å². The summed E-state index contributed by atoms with van der Waals surface area (Å²) in [4.78, 5) is 11.0. The van der Waals surface area contributed by atoms with E-state index in [0.717, 1.165) is 19.3 Å². The van der Waals surface area contributed by atoms with Crippen molar-refractivity contribution >= 4 is 16.0 Å². The second kappa shape index (κ2) is 7.81. The molecule has 19 heavy (non-hydrogen) atoms. The number of aliphatic hydroxyl groups is 1. The molecule has 0 heterocycles. The van der Waals surface area contributed by atoms with E-state index in [0.29, 0.717) is 13.0 Å². The zero-order valence-electron chi connectivity index (χ0n) is 11.4. The van der Waals surface area contributed by atoms with Gasteiger partial charge in [0.2, 0.25) is 10.0 Å². The maximum atomic E-state index is 12.2. The van der Waals surface area contributed by atoms with Gasteiger partial charge in [-0.15, -0.1) is 0 Å². The summed E-state index contributed by atoms with van der Waals surface area (Å²) < 4.78 is 30.5. The van der Waals surface area contributed by atoms with Crippen LogP contribution < -0.4 is 0 Å². The average Bonchev–Trinajstić information content (AvgIpc) is 2.31. The van der Waals surface area contributed by atoms with Crippen molar-refractivity contribution in [3.05, 3.63) is 0 Å². The number of carbonyl (C=O) groups is 1. The van der Waals surface area contributed by atoms with Crippen LogP contribution in [0.3, 0.4) is 0 Å². The number of rotatable bonds is 9. The SMILES string of the molecule is COC(=O)CCCS(=O)(=O)N(CCCO)C1CCC1. The second-order valence-electron chi connectivity index (χ2n) is 4.77. The van der Waals surface area contributed by atoms with E-state index in [2.05, 4.69) is 4.74 Å². The molecule has 0 aromatic heterocycles. The molecule has 0 unspecified atom stereocenters. The van der Waals surface area contributed by atoms with Crippen LogP contribution in [0.25, 0.3) is 0 Å². The third-order valence-corrected chi connectivity index (χ3v) is 5.39. The maximum Gasteiger partial charge on any atom is 0.305 e. The Balaban J connectivity index is 2.51. The van der Waals surface area contributed by atoms with Gasteiger partial charge in [0.05, 0.1) is 12.9 Å². The lowest BCUT2D eigenvalue weighted by atomic mass is 9.93. The number of esters is 1. The van der Waals surface area contributed by atoms with Crippen LogP contribution in [0, 0.1) is 0 Å². The van der Waals surface area contributed by atoms with Gasteiger partial charge in [0.15, 0.2) is 0 Å². The molecule has 112 valence electrons. The lowest BCUT2D eigenvalue weighted by Gasteiger charge is -2.36. The zero-order valence-corrected chi connectivity index (χ0v) is 12.2. The van der Waals surface area contributed by atoms with E-state index in [-0.39, 0.29) is 37.2 Å². The van der Waals surface area contributed by atoms with E-state index in [1.807, 2.05) is 0 Å². The van der Waals surface area contributed by atoms with Crippen molar-refractivity contribution in [2.45, 2.75) is 44.6 Å². The predicted molar refractivity (Wildman–Crippen MR) is 71.1 cm³/mol. The van der Waals surface area contributed by atoms with Crippen molar-refractivity contribution in [1.29, 1.82) is 0 Å². The van der Waals surface area contributed by atoms with Gasteiger partial charge in [-0.2, -0.15) is 4.31 Å². The molecule has 0 atom stereocenters. The predicted octanol–water partition coefficient (Wildman–Crippen LogP) is 0.506. The fraction of sp³-hybridized carbons (Fsp3) is 0.917. The highest BCUT2D eigenvalue weighted by Crippen LogP contribution is 2.27. The lowest BCUT2D eigenvalue weighted by molar-refractivity contribution is -0.140. The first-order chi connectivity index (χ1) is 9.01. The molecule has 0 saturated heterocycles. The number of sulfonamides is 1. The van der Waals surface area contributed by atoms with Gasteiger partial charge in [0.1, 0.15) is 0 Å². The first kappa shape index (κ1) is 16.4. The summed E-state index contributed by atoms with van der Waals surface area (Å²) >= 11 is 0. The fourth-order valence-electron chi connectivity index (χ4n) is 2.07. The van der Waals surface area contributed by atoms with Gasteiger partial charge in [0, 0.05) is 25.6 Å². The minimum absolute atomic E-state index is 0.0130. The largest absolute Gasteiger partial charge is 0.469 e. The monoisotopic (exact) mass is 293 g/mol. The molecule has 1 aliphatic rings. The van der Waals surface area contributed by atoms with Gasteiger partial charge >= 0.3 is 5.97 Å². The molecular formula is C12H23NO5S. The summed E-state index contributed by atoms with van der Waals surface area (Å²) in [6, 6.07) is 0.0784. The first-order valence-corrected chi connectivity index (χ1v) is 8.29.